The molecule has 0 unspecified atom stereocenters. The Balaban J connectivity index is 2.12. The van der Waals surface area contributed by atoms with Crippen LogP contribution in [0.1, 0.15) is 0 Å². The molecular weight excluding hydrogens is 302 g/mol. The van der Waals surface area contributed by atoms with Gasteiger partial charge in [-0.15, -0.1) is 0 Å². The zero-order valence-electron chi connectivity index (χ0n) is 9.99. The molecule has 0 atom stereocenters. The largest absolute Gasteiger partial charge is 0.264 e. The fourth-order valence-corrected chi connectivity index (χ4v) is 2.24. The summed E-state index contributed by atoms with van der Waals surface area (Å²) in [6, 6.07) is 13.6. The summed E-state index contributed by atoms with van der Waals surface area (Å²) in [5.74, 6) is 0. The molecule has 3 rings (SSSR count). The lowest BCUT2D eigenvalue weighted by Gasteiger charge is -2.05. The number of nitrogens with zero attached hydrogens (tertiary/aromatic N) is 3. The maximum Gasteiger partial charge on any atom is 0.0904 e. The van der Waals surface area contributed by atoms with Crippen LogP contribution in [0.25, 0.3) is 22.6 Å². The molecule has 0 saturated heterocycles. The number of aromatic nitrogens is 3. The second kappa shape index (κ2) is 5.28. The van der Waals surface area contributed by atoms with E-state index in [1.807, 2.05) is 42.5 Å². The molecule has 0 spiro atoms. The molecule has 0 saturated carbocycles. The molecule has 92 valence electrons. The van der Waals surface area contributed by atoms with Gasteiger partial charge in [0.25, 0.3) is 0 Å². The molecular formula is C15H10BrN3. The number of pyridine rings is 3. The average Bonchev–Trinajstić information content (AvgIpc) is 2.48. The second-order valence-corrected chi connectivity index (χ2v) is 4.93. The maximum atomic E-state index is 4.64. The first-order chi connectivity index (χ1) is 9.33. The van der Waals surface area contributed by atoms with Gasteiger partial charge in [0.1, 0.15) is 0 Å². The molecule has 19 heavy (non-hydrogen) atoms. The van der Waals surface area contributed by atoms with E-state index in [2.05, 4.69) is 30.9 Å². The molecule has 3 aromatic rings. The van der Waals surface area contributed by atoms with Crippen molar-refractivity contribution in [1.29, 1.82) is 0 Å². The van der Waals surface area contributed by atoms with Crippen LogP contribution in [0.3, 0.4) is 0 Å². The third kappa shape index (κ3) is 2.69. The molecule has 3 nitrogen and oxygen atoms in total. The lowest BCUT2D eigenvalue weighted by molar-refractivity contribution is 1.23. The van der Waals surface area contributed by atoms with E-state index in [1.165, 1.54) is 0 Å². The first-order valence-electron chi connectivity index (χ1n) is 5.82. The van der Waals surface area contributed by atoms with E-state index in [9.17, 15) is 0 Å². The van der Waals surface area contributed by atoms with Crippen molar-refractivity contribution in [3.05, 3.63) is 65.5 Å². The molecule has 0 aliphatic heterocycles. The highest BCUT2D eigenvalue weighted by molar-refractivity contribution is 9.10. The standard InChI is InChI=1S/C15H10BrN3/c16-12-8-14(11-4-3-6-17-10-11)19-15(9-12)13-5-1-2-7-18-13/h1-10H. The Bertz CT molecular complexity index is 627. The molecule has 3 aromatic heterocycles. The van der Waals surface area contributed by atoms with Crippen LogP contribution in [-0.2, 0) is 0 Å². The van der Waals surface area contributed by atoms with Gasteiger partial charge in [0.15, 0.2) is 0 Å². The van der Waals surface area contributed by atoms with Crippen molar-refractivity contribution in [3.63, 3.8) is 0 Å². The quantitative estimate of drug-likeness (QED) is 0.719. The van der Waals surface area contributed by atoms with E-state index in [1.54, 1.807) is 18.6 Å². The summed E-state index contributed by atoms with van der Waals surface area (Å²) in [5, 5.41) is 0. The van der Waals surface area contributed by atoms with E-state index in [-0.39, 0.29) is 0 Å². The van der Waals surface area contributed by atoms with E-state index >= 15 is 0 Å². The molecule has 0 aliphatic carbocycles. The van der Waals surface area contributed by atoms with Crippen LogP contribution in [0.4, 0.5) is 0 Å². The third-order valence-electron chi connectivity index (χ3n) is 2.67. The Morgan fingerprint density at radius 2 is 1.74 bits per heavy atom. The van der Waals surface area contributed by atoms with Crippen molar-refractivity contribution in [3.8, 4) is 22.6 Å². The third-order valence-corrected chi connectivity index (χ3v) is 3.13. The van der Waals surface area contributed by atoms with Crippen LogP contribution in [-0.4, -0.2) is 15.0 Å². The van der Waals surface area contributed by atoms with E-state index in [0.717, 1.165) is 27.1 Å². The summed E-state index contributed by atoms with van der Waals surface area (Å²) in [6.45, 7) is 0. The predicted molar refractivity (Wildman–Crippen MR) is 78.4 cm³/mol. The van der Waals surface area contributed by atoms with Gasteiger partial charge in [0.2, 0.25) is 0 Å². The zero-order chi connectivity index (χ0) is 13.1. The zero-order valence-corrected chi connectivity index (χ0v) is 11.6. The summed E-state index contributed by atoms with van der Waals surface area (Å²) >= 11 is 3.52. The Kier molecular flexibility index (Phi) is 3.33. The van der Waals surface area contributed by atoms with Gasteiger partial charge in [0, 0.05) is 28.6 Å². The minimum absolute atomic E-state index is 0.842. The lowest BCUT2D eigenvalue weighted by atomic mass is 10.1. The fourth-order valence-electron chi connectivity index (χ4n) is 1.80. The SMILES string of the molecule is Brc1cc(-c2cccnc2)nc(-c2ccccn2)c1. The summed E-state index contributed by atoms with van der Waals surface area (Å²) in [6.07, 6.45) is 5.32. The number of halogens is 1. The van der Waals surface area contributed by atoms with Crippen molar-refractivity contribution in [1.82, 2.24) is 15.0 Å². The van der Waals surface area contributed by atoms with Gasteiger partial charge in [0.05, 0.1) is 17.1 Å². The molecule has 0 aromatic carbocycles. The minimum Gasteiger partial charge on any atom is -0.264 e. The predicted octanol–water partition coefficient (Wildman–Crippen LogP) is 3.97. The van der Waals surface area contributed by atoms with Crippen molar-refractivity contribution < 1.29 is 0 Å². The summed E-state index contributed by atoms with van der Waals surface area (Å²) in [5.41, 5.74) is 3.56. The second-order valence-electron chi connectivity index (χ2n) is 4.01. The van der Waals surface area contributed by atoms with Crippen LogP contribution in [0.5, 0.6) is 0 Å². The topological polar surface area (TPSA) is 38.7 Å². The maximum absolute atomic E-state index is 4.64. The van der Waals surface area contributed by atoms with Crippen molar-refractivity contribution in [2.75, 3.05) is 0 Å². The lowest BCUT2D eigenvalue weighted by Crippen LogP contribution is -1.91. The molecule has 3 heterocycles. The van der Waals surface area contributed by atoms with Gasteiger partial charge in [-0.05, 0) is 36.4 Å². The van der Waals surface area contributed by atoms with Crippen molar-refractivity contribution in [2.24, 2.45) is 0 Å². The van der Waals surface area contributed by atoms with Crippen LogP contribution < -0.4 is 0 Å². The first-order valence-corrected chi connectivity index (χ1v) is 6.61. The molecule has 0 amide bonds. The molecule has 0 fully saturated rings. The highest BCUT2D eigenvalue weighted by atomic mass is 79.9. The van der Waals surface area contributed by atoms with Crippen LogP contribution in [0.15, 0.2) is 65.5 Å². The fraction of sp³-hybridized carbons (Fsp3) is 0. The first kappa shape index (κ1) is 12.0. The summed E-state index contributed by atoms with van der Waals surface area (Å²) in [4.78, 5) is 13.1. The Labute approximate surface area is 119 Å². The van der Waals surface area contributed by atoms with Gasteiger partial charge < -0.3 is 0 Å². The van der Waals surface area contributed by atoms with Gasteiger partial charge in [-0.1, -0.05) is 22.0 Å². The Morgan fingerprint density at radius 1 is 0.842 bits per heavy atom. The average molecular weight is 312 g/mol. The highest BCUT2D eigenvalue weighted by Crippen LogP contribution is 2.25. The van der Waals surface area contributed by atoms with Crippen LogP contribution >= 0.6 is 15.9 Å². The smallest absolute Gasteiger partial charge is 0.0904 e. The van der Waals surface area contributed by atoms with Gasteiger partial charge in [-0.3, -0.25) is 9.97 Å². The molecule has 4 heteroatoms. The minimum atomic E-state index is 0.842. The number of rotatable bonds is 2. The number of hydrogen-bond donors (Lipinski definition) is 0. The normalized spacial score (nSPS) is 10.4. The number of hydrogen-bond acceptors (Lipinski definition) is 3. The van der Waals surface area contributed by atoms with Crippen molar-refractivity contribution in [2.45, 2.75) is 0 Å². The highest BCUT2D eigenvalue weighted by Gasteiger charge is 2.06. The summed E-state index contributed by atoms with van der Waals surface area (Å²) in [7, 11) is 0. The molecule has 0 radical (unpaired) electrons. The van der Waals surface area contributed by atoms with E-state index in [4.69, 9.17) is 0 Å². The van der Waals surface area contributed by atoms with Crippen molar-refractivity contribution >= 4 is 15.9 Å². The van der Waals surface area contributed by atoms with Gasteiger partial charge >= 0.3 is 0 Å². The van der Waals surface area contributed by atoms with E-state index < -0.39 is 0 Å². The van der Waals surface area contributed by atoms with Crippen LogP contribution in [0, 0.1) is 0 Å². The monoisotopic (exact) mass is 311 g/mol. The molecule has 0 aliphatic rings. The van der Waals surface area contributed by atoms with Gasteiger partial charge in [-0.25, -0.2) is 4.98 Å². The van der Waals surface area contributed by atoms with Gasteiger partial charge in [-0.2, -0.15) is 0 Å². The molecule has 0 N–H and O–H groups in total. The van der Waals surface area contributed by atoms with E-state index in [0.29, 0.717) is 0 Å². The molecule has 0 bridgehead atoms. The summed E-state index contributed by atoms with van der Waals surface area (Å²) < 4.78 is 0.974. The Hall–Kier alpha value is -2.07. The van der Waals surface area contributed by atoms with Crippen LogP contribution in [0.2, 0.25) is 0 Å². The Morgan fingerprint density at radius 3 is 2.47 bits per heavy atom.